The van der Waals surface area contributed by atoms with Gasteiger partial charge in [-0.15, -0.1) is 0 Å². The first-order chi connectivity index (χ1) is 7.60. The largest absolute Gasteiger partial charge is 0.368 e. The predicted molar refractivity (Wildman–Crippen MR) is 66.1 cm³/mol. The summed E-state index contributed by atoms with van der Waals surface area (Å²) >= 11 is 0. The van der Waals surface area contributed by atoms with E-state index in [1.165, 1.54) is 12.8 Å². The fourth-order valence-corrected chi connectivity index (χ4v) is 2.72. The number of hydrogen-bond acceptors (Lipinski definition) is 3. The van der Waals surface area contributed by atoms with Gasteiger partial charge in [0, 0.05) is 12.1 Å². The van der Waals surface area contributed by atoms with Crippen LogP contribution in [-0.4, -0.2) is 43.0 Å². The maximum Gasteiger partial charge on any atom is 0.234 e. The average Bonchev–Trinajstić information content (AvgIpc) is 2.29. The van der Waals surface area contributed by atoms with E-state index in [0.717, 1.165) is 19.3 Å². The van der Waals surface area contributed by atoms with Crippen LogP contribution < -0.4 is 11.1 Å². The fraction of sp³-hybridized carbons (Fsp3) is 0.917. The average molecular weight is 227 g/mol. The molecule has 1 fully saturated rings. The van der Waals surface area contributed by atoms with Crippen LogP contribution in [0.15, 0.2) is 0 Å². The molecule has 3 N–H and O–H groups in total. The van der Waals surface area contributed by atoms with Gasteiger partial charge in [-0.2, -0.15) is 0 Å². The van der Waals surface area contributed by atoms with Gasteiger partial charge in [-0.3, -0.25) is 9.69 Å². The Labute approximate surface area is 98.6 Å². The number of carbonyl (C=O) groups excluding carboxylic acids is 1. The molecule has 0 bridgehead atoms. The van der Waals surface area contributed by atoms with Crippen LogP contribution in [0.3, 0.4) is 0 Å². The highest BCUT2D eigenvalue weighted by molar-refractivity contribution is 5.79. The molecule has 1 aliphatic carbocycles. The van der Waals surface area contributed by atoms with E-state index in [9.17, 15) is 4.79 Å². The number of amides is 1. The Morgan fingerprint density at radius 1 is 1.44 bits per heavy atom. The van der Waals surface area contributed by atoms with Gasteiger partial charge in [0.2, 0.25) is 5.91 Å². The molecule has 0 radical (unpaired) electrons. The molecule has 4 nitrogen and oxygen atoms in total. The van der Waals surface area contributed by atoms with Crippen molar-refractivity contribution in [2.24, 2.45) is 5.73 Å². The minimum atomic E-state index is -0.194. The molecule has 0 heterocycles. The van der Waals surface area contributed by atoms with E-state index in [4.69, 9.17) is 5.73 Å². The summed E-state index contributed by atoms with van der Waals surface area (Å²) < 4.78 is 0. The third-order valence-corrected chi connectivity index (χ3v) is 3.89. The topological polar surface area (TPSA) is 58.4 Å². The number of primary amides is 1. The van der Waals surface area contributed by atoms with Crippen molar-refractivity contribution in [2.45, 2.75) is 57.2 Å². The fourth-order valence-electron chi connectivity index (χ4n) is 2.72. The van der Waals surface area contributed by atoms with Crippen molar-refractivity contribution in [3.05, 3.63) is 0 Å². The Morgan fingerprint density at radius 2 is 2.00 bits per heavy atom. The molecule has 1 amide bonds. The molecule has 4 heteroatoms. The van der Waals surface area contributed by atoms with E-state index in [0.29, 0.717) is 12.1 Å². The summed E-state index contributed by atoms with van der Waals surface area (Å²) in [5.41, 5.74) is 5.42. The standard InChI is InChI=1S/C12H25N3O/c1-4-11(12(13)16)15(3)10-7-5-9(14-2)6-8-10/h9-11,14H,4-8H2,1-3H3,(H2,13,16). The molecule has 0 saturated heterocycles. The summed E-state index contributed by atoms with van der Waals surface area (Å²) in [6.07, 6.45) is 5.51. The molecule has 94 valence electrons. The molecule has 0 spiro atoms. The van der Waals surface area contributed by atoms with Gasteiger partial charge in [0.15, 0.2) is 0 Å². The summed E-state index contributed by atoms with van der Waals surface area (Å²) in [4.78, 5) is 13.5. The lowest BCUT2D eigenvalue weighted by atomic mass is 9.89. The van der Waals surface area contributed by atoms with Crippen LogP contribution >= 0.6 is 0 Å². The van der Waals surface area contributed by atoms with Gasteiger partial charge >= 0.3 is 0 Å². The van der Waals surface area contributed by atoms with Crippen molar-refractivity contribution >= 4 is 5.91 Å². The zero-order valence-corrected chi connectivity index (χ0v) is 10.7. The summed E-state index contributed by atoms with van der Waals surface area (Å²) in [6.45, 7) is 2.02. The number of likely N-dealkylation sites (N-methyl/N-ethyl adjacent to an activating group) is 1. The minimum Gasteiger partial charge on any atom is -0.368 e. The third-order valence-electron chi connectivity index (χ3n) is 3.89. The summed E-state index contributed by atoms with van der Waals surface area (Å²) in [7, 11) is 4.05. The number of rotatable bonds is 5. The predicted octanol–water partition coefficient (Wildman–Crippen LogP) is 0.713. The summed E-state index contributed by atoms with van der Waals surface area (Å²) in [6, 6.07) is 1.07. The maximum atomic E-state index is 11.3. The Kier molecular flexibility index (Phi) is 5.22. The first kappa shape index (κ1) is 13.5. The van der Waals surface area contributed by atoms with Crippen molar-refractivity contribution in [2.75, 3.05) is 14.1 Å². The van der Waals surface area contributed by atoms with Crippen molar-refractivity contribution in [3.63, 3.8) is 0 Å². The van der Waals surface area contributed by atoms with Gasteiger partial charge in [0.05, 0.1) is 6.04 Å². The first-order valence-corrected chi connectivity index (χ1v) is 6.28. The SMILES string of the molecule is CCC(C(N)=O)N(C)C1CCC(NC)CC1. The van der Waals surface area contributed by atoms with Crippen LogP contribution in [-0.2, 0) is 4.79 Å². The number of nitrogens with two attached hydrogens (primary N) is 1. The van der Waals surface area contributed by atoms with Crippen LogP contribution in [0.25, 0.3) is 0 Å². The highest BCUT2D eigenvalue weighted by atomic mass is 16.1. The van der Waals surface area contributed by atoms with Crippen molar-refractivity contribution < 1.29 is 4.79 Å². The molecule has 0 aromatic rings. The second-order valence-electron chi connectivity index (χ2n) is 4.79. The minimum absolute atomic E-state index is 0.101. The van der Waals surface area contributed by atoms with Crippen LogP contribution in [0.2, 0.25) is 0 Å². The van der Waals surface area contributed by atoms with Crippen molar-refractivity contribution in [3.8, 4) is 0 Å². The van der Waals surface area contributed by atoms with E-state index in [-0.39, 0.29) is 11.9 Å². The number of hydrogen-bond donors (Lipinski definition) is 2. The summed E-state index contributed by atoms with van der Waals surface area (Å²) in [5.74, 6) is -0.194. The van der Waals surface area contributed by atoms with Gasteiger partial charge in [-0.25, -0.2) is 0 Å². The second kappa shape index (κ2) is 6.21. The lowest BCUT2D eigenvalue weighted by molar-refractivity contribution is -0.124. The zero-order valence-electron chi connectivity index (χ0n) is 10.7. The van der Waals surface area contributed by atoms with E-state index in [1.807, 2.05) is 21.0 Å². The normalized spacial score (nSPS) is 28.0. The van der Waals surface area contributed by atoms with E-state index in [2.05, 4.69) is 10.2 Å². The molecular weight excluding hydrogens is 202 g/mol. The number of nitrogens with zero attached hydrogens (tertiary/aromatic N) is 1. The molecule has 0 aliphatic heterocycles. The van der Waals surface area contributed by atoms with Gasteiger partial charge in [-0.05, 0) is 46.2 Å². The molecule has 1 aliphatic rings. The lowest BCUT2D eigenvalue weighted by Gasteiger charge is -2.37. The van der Waals surface area contributed by atoms with Crippen LogP contribution in [0, 0.1) is 0 Å². The van der Waals surface area contributed by atoms with Crippen LogP contribution in [0.4, 0.5) is 0 Å². The van der Waals surface area contributed by atoms with Crippen molar-refractivity contribution in [1.29, 1.82) is 0 Å². The Hall–Kier alpha value is -0.610. The van der Waals surface area contributed by atoms with E-state index < -0.39 is 0 Å². The molecule has 16 heavy (non-hydrogen) atoms. The Morgan fingerprint density at radius 3 is 2.38 bits per heavy atom. The van der Waals surface area contributed by atoms with Gasteiger partial charge in [-0.1, -0.05) is 6.92 Å². The third kappa shape index (κ3) is 3.19. The van der Waals surface area contributed by atoms with Gasteiger partial charge < -0.3 is 11.1 Å². The van der Waals surface area contributed by atoms with Gasteiger partial charge in [0.25, 0.3) is 0 Å². The first-order valence-electron chi connectivity index (χ1n) is 6.28. The maximum absolute atomic E-state index is 11.3. The molecular formula is C12H25N3O. The smallest absolute Gasteiger partial charge is 0.234 e. The van der Waals surface area contributed by atoms with Crippen LogP contribution in [0.5, 0.6) is 0 Å². The zero-order chi connectivity index (χ0) is 12.1. The molecule has 0 aromatic heterocycles. The molecule has 1 atom stereocenters. The highest BCUT2D eigenvalue weighted by Crippen LogP contribution is 2.24. The quantitative estimate of drug-likeness (QED) is 0.727. The Balaban J connectivity index is 2.48. The summed E-state index contributed by atoms with van der Waals surface area (Å²) in [5, 5.41) is 3.32. The Bertz CT molecular complexity index is 224. The monoisotopic (exact) mass is 227 g/mol. The van der Waals surface area contributed by atoms with Crippen LogP contribution in [0.1, 0.15) is 39.0 Å². The van der Waals surface area contributed by atoms with Gasteiger partial charge in [0.1, 0.15) is 0 Å². The number of carbonyl (C=O) groups is 1. The molecule has 0 aromatic carbocycles. The molecule has 1 rings (SSSR count). The lowest BCUT2D eigenvalue weighted by Crippen LogP contribution is -2.49. The number of nitrogens with one attached hydrogen (secondary N) is 1. The van der Waals surface area contributed by atoms with Crippen molar-refractivity contribution in [1.82, 2.24) is 10.2 Å². The van der Waals surface area contributed by atoms with E-state index in [1.54, 1.807) is 0 Å². The molecule has 1 saturated carbocycles. The van der Waals surface area contributed by atoms with E-state index >= 15 is 0 Å². The molecule has 1 unspecified atom stereocenters. The second-order valence-corrected chi connectivity index (χ2v) is 4.79. The highest BCUT2D eigenvalue weighted by Gasteiger charge is 2.28.